The van der Waals surface area contributed by atoms with E-state index in [1.165, 1.54) is 5.56 Å². The van der Waals surface area contributed by atoms with E-state index in [1.807, 2.05) is 23.9 Å². The minimum atomic E-state index is -0.204. The van der Waals surface area contributed by atoms with Crippen molar-refractivity contribution in [2.75, 3.05) is 11.1 Å². The first-order chi connectivity index (χ1) is 12.4. The molecule has 3 rings (SSSR count). The molecule has 0 aliphatic carbocycles. The number of carbonyl (C=O) groups is 1. The Kier molecular flexibility index (Phi) is 6.55. The van der Waals surface area contributed by atoms with Crippen molar-refractivity contribution in [3.05, 3.63) is 70.1 Å². The van der Waals surface area contributed by atoms with Crippen molar-refractivity contribution in [3.8, 4) is 0 Å². The number of rotatable bonds is 4. The van der Waals surface area contributed by atoms with Crippen LogP contribution in [-0.4, -0.2) is 16.9 Å². The third kappa shape index (κ3) is 4.97. The number of thioether (sulfide) groups is 1. The topological polar surface area (TPSA) is 29.1 Å². The molecule has 1 amide bonds. The largest absolute Gasteiger partial charge is 0.322 e. The van der Waals surface area contributed by atoms with Crippen molar-refractivity contribution in [1.82, 2.24) is 0 Å². The number of halogens is 2. The zero-order valence-electron chi connectivity index (χ0n) is 14.8. The molecule has 1 fully saturated rings. The van der Waals surface area contributed by atoms with Gasteiger partial charge in [0.1, 0.15) is 0 Å². The van der Waals surface area contributed by atoms with Crippen LogP contribution in [-0.2, 0) is 6.42 Å². The van der Waals surface area contributed by atoms with Crippen LogP contribution in [0.3, 0.4) is 0 Å². The van der Waals surface area contributed by atoms with Crippen LogP contribution in [0.2, 0.25) is 10.0 Å². The molecule has 2 nitrogen and oxygen atoms in total. The molecule has 1 N–H and O–H groups in total. The minimum absolute atomic E-state index is 0.204. The molecule has 1 aliphatic rings. The first kappa shape index (κ1) is 19.6. The molecule has 136 valence electrons. The van der Waals surface area contributed by atoms with Gasteiger partial charge in [0.05, 0.1) is 10.0 Å². The van der Waals surface area contributed by atoms with E-state index in [2.05, 4.69) is 37.7 Å². The standard InChI is InChI=1S/C21H21Cl2NOS/c1-13-9-16(12-26-14(13)2)10-15-3-6-18(7-4-15)24-21(25)17-5-8-19(22)20(23)11-17/h3-8,11,13-14,16H,10,12H2,1-2H3,(H,24,25). The van der Waals surface area contributed by atoms with Gasteiger partial charge in [-0.3, -0.25) is 4.79 Å². The lowest BCUT2D eigenvalue weighted by atomic mass is 9.89. The van der Waals surface area contributed by atoms with Gasteiger partial charge in [-0.2, -0.15) is 11.8 Å². The van der Waals surface area contributed by atoms with Gasteiger partial charge in [-0.05, 0) is 66.3 Å². The van der Waals surface area contributed by atoms with Crippen molar-refractivity contribution >= 4 is 46.6 Å². The lowest BCUT2D eigenvalue weighted by Crippen LogP contribution is -2.25. The van der Waals surface area contributed by atoms with Gasteiger partial charge in [-0.15, -0.1) is 0 Å². The highest BCUT2D eigenvalue weighted by Gasteiger charge is 2.25. The van der Waals surface area contributed by atoms with Crippen molar-refractivity contribution in [2.24, 2.45) is 11.8 Å². The maximum atomic E-state index is 12.3. The molecule has 2 radical (unpaired) electrons. The number of hydrogen-bond acceptors (Lipinski definition) is 2. The molecule has 2 aromatic carbocycles. The fourth-order valence-corrected chi connectivity index (χ4v) is 4.35. The van der Waals surface area contributed by atoms with E-state index in [0.717, 1.165) is 17.9 Å². The number of nitrogens with one attached hydrogen (secondary N) is 1. The highest BCUT2D eigenvalue weighted by atomic mass is 35.5. The van der Waals surface area contributed by atoms with Gasteiger partial charge in [0, 0.05) is 16.5 Å². The summed E-state index contributed by atoms with van der Waals surface area (Å²) in [5.41, 5.74) is 2.50. The summed E-state index contributed by atoms with van der Waals surface area (Å²) in [4.78, 5) is 12.3. The lowest BCUT2D eigenvalue weighted by Gasteiger charge is -2.31. The first-order valence-corrected chi connectivity index (χ1v) is 10.5. The number of amides is 1. The molecule has 0 spiro atoms. The van der Waals surface area contributed by atoms with E-state index in [-0.39, 0.29) is 5.91 Å². The van der Waals surface area contributed by atoms with Gasteiger partial charge in [0.15, 0.2) is 0 Å². The maximum Gasteiger partial charge on any atom is 0.255 e. The molecule has 2 aromatic rings. The average Bonchev–Trinajstić information content (AvgIpc) is 2.62. The Hall–Kier alpha value is -1.16. The second kappa shape index (κ2) is 8.69. The van der Waals surface area contributed by atoms with E-state index >= 15 is 0 Å². The molecule has 5 heteroatoms. The molecule has 1 aliphatic heterocycles. The van der Waals surface area contributed by atoms with Gasteiger partial charge >= 0.3 is 0 Å². The quantitative estimate of drug-likeness (QED) is 0.650. The summed E-state index contributed by atoms with van der Waals surface area (Å²) in [5, 5.41) is 4.35. The molecule has 3 atom stereocenters. The van der Waals surface area contributed by atoms with Gasteiger partial charge in [-0.1, -0.05) is 49.2 Å². The molecule has 1 heterocycles. The van der Waals surface area contributed by atoms with E-state index in [4.69, 9.17) is 23.2 Å². The van der Waals surface area contributed by atoms with Crippen LogP contribution in [0.5, 0.6) is 0 Å². The molecule has 0 bridgehead atoms. The molecule has 1 saturated heterocycles. The summed E-state index contributed by atoms with van der Waals surface area (Å²) >= 11 is 13.9. The van der Waals surface area contributed by atoms with E-state index in [1.54, 1.807) is 18.2 Å². The van der Waals surface area contributed by atoms with Gasteiger partial charge in [0.2, 0.25) is 0 Å². The van der Waals surface area contributed by atoms with Crippen LogP contribution in [0, 0.1) is 18.3 Å². The number of anilines is 1. The zero-order valence-corrected chi connectivity index (χ0v) is 17.1. The molecule has 26 heavy (non-hydrogen) atoms. The Bertz CT molecular complexity index is 778. The van der Waals surface area contributed by atoms with Crippen LogP contribution in [0.25, 0.3) is 0 Å². The lowest BCUT2D eigenvalue weighted by molar-refractivity contribution is 0.102. The van der Waals surface area contributed by atoms with Crippen molar-refractivity contribution in [3.63, 3.8) is 0 Å². The van der Waals surface area contributed by atoms with Crippen LogP contribution in [0.1, 0.15) is 29.8 Å². The third-order valence-electron chi connectivity index (χ3n) is 4.64. The Morgan fingerprint density at radius 3 is 2.54 bits per heavy atom. The predicted octanol–water partition coefficient (Wildman–Crippen LogP) is 6.26. The second-order valence-corrected chi connectivity index (χ2v) is 8.90. The van der Waals surface area contributed by atoms with E-state index in [9.17, 15) is 4.79 Å². The fraction of sp³-hybridized carbons (Fsp3) is 0.333. The predicted molar refractivity (Wildman–Crippen MR) is 112 cm³/mol. The van der Waals surface area contributed by atoms with Crippen molar-refractivity contribution in [1.29, 1.82) is 0 Å². The van der Waals surface area contributed by atoms with E-state index < -0.39 is 0 Å². The number of carbonyl (C=O) groups excluding carboxylic acids is 1. The van der Waals surface area contributed by atoms with Crippen molar-refractivity contribution < 1.29 is 4.79 Å². The molecule has 0 saturated carbocycles. The highest BCUT2D eigenvalue weighted by molar-refractivity contribution is 7.99. The highest BCUT2D eigenvalue weighted by Crippen LogP contribution is 2.34. The zero-order chi connectivity index (χ0) is 18.7. The SMILES string of the molecule is CC1[C]C(Cc2ccc(NC(=O)c3ccc(Cl)c(Cl)c3)cc2)CSC1C. The summed E-state index contributed by atoms with van der Waals surface area (Å²) in [5.74, 6) is 1.94. The summed E-state index contributed by atoms with van der Waals surface area (Å²) in [6.07, 6.45) is 4.67. The van der Waals surface area contributed by atoms with Crippen molar-refractivity contribution in [2.45, 2.75) is 25.5 Å². The third-order valence-corrected chi connectivity index (χ3v) is 6.91. The van der Waals surface area contributed by atoms with Crippen LogP contribution < -0.4 is 5.32 Å². The summed E-state index contributed by atoms with van der Waals surface area (Å²) in [7, 11) is 0. The Morgan fingerprint density at radius 1 is 1.15 bits per heavy atom. The Labute approximate surface area is 169 Å². The van der Waals surface area contributed by atoms with Crippen LogP contribution in [0.15, 0.2) is 42.5 Å². The summed E-state index contributed by atoms with van der Waals surface area (Å²) in [6.45, 7) is 4.51. The first-order valence-electron chi connectivity index (χ1n) is 8.65. The second-order valence-electron chi connectivity index (χ2n) is 6.67. The Balaban J connectivity index is 1.59. The van der Waals surface area contributed by atoms with Gasteiger partial charge < -0.3 is 5.32 Å². The van der Waals surface area contributed by atoms with Crippen LogP contribution in [0.4, 0.5) is 5.69 Å². The van der Waals surface area contributed by atoms with E-state index in [0.29, 0.717) is 32.7 Å². The summed E-state index contributed by atoms with van der Waals surface area (Å²) < 4.78 is 0. The van der Waals surface area contributed by atoms with Gasteiger partial charge in [0.25, 0.3) is 5.91 Å². The Morgan fingerprint density at radius 2 is 1.88 bits per heavy atom. The number of benzene rings is 2. The average molecular weight is 406 g/mol. The number of hydrogen-bond donors (Lipinski definition) is 1. The molecule has 0 aromatic heterocycles. The normalized spacial score (nSPS) is 22.8. The van der Waals surface area contributed by atoms with Crippen LogP contribution >= 0.6 is 35.0 Å². The molecular weight excluding hydrogens is 385 g/mol. The summed E-state index contributed by atoms with van der Waals surface area (Å²) in [6, 6.07) is 12.9. The monoisotopic (exact) mass is 405 g/mol. The van der Waals surface area contributed by atoms with Gasteiger partial charge in [-0.25, -0.2) is 0 Å². The molecule has 3 unspecified atom stereocenters. The smallest absolute Gasteiger partial charge is 0.255 e. The fourth-order valence-electron chi connectivity index (χ4n) is 2.93. The molecular formula is C21H21Cl2NOS. The maximum absolute atomic E-state index is 12.3. The minimum Gasteiger partial charge on any atom is -0.322 e.